The Balaban J connectivity index is 2.45. The first-order valence-electron chi connectivity index (χ1n) is 4.99. The van der Waals surface area contributed by atoms with Crippen molar-refractivity contribution in [2.45, 2.75) is 6.04 Å². The van der Waals surface area contributed by atoms with Gasteiger partial charge in [-0.15, -0.1) is 11.3 Å². The van der Waals surface area contributed by atoms with Gasteiger partial charge in [0.25, 0.3) is 0 Å². The van der Waals surface area contributed by atoms with Crippen LogP contribution in [0.2, 0.25) is 4.34 Å². The summed E-state index contributed by atoms with van der Waals surface area (Å²) in [6.45, 7) is 0. The molecule has 1 aromatic carbocycles. The molecule has 2 rings (SSSR count). The predicted octanol–water partition coefficient (Wildman–Crippen LogP) is 4.61. The van der Waals surface area contributed by atoms with Crippen LogP contribution < -0.4 is 5.32 Å². The lowest BCUT2D eigenvalue weighted by Crippen LogP contribution is -2.17. The lowest BCUT2D eigenvalue weighted by atomic mass is 10.1. The Morgan fingerprint density at radius 3 is 2.71 bits per heavy atom. The maximum atomic E-state index is 13.3. The average molecular weight is 335 g/mol. The molecule has 1 heterocycles. The van der Waals surface area contributed by atoms with E-state index >= 15 is 0 Å². The SMILES string of the molecule is CNC(c1ccc(Cl)s1)c1cc(F)ccc1Br. The summed E-state index contributed by atoms with van der Waals surface area (Å²) >= 11 is 10.9. The summed E-state index contributed by atoms with van der Waals surface area (Å²) in [5.41, 5.74) is 0.867. The van der Waals surface area contributed by atoms with Crippen LogP contribution in [0.5, 0.6) is 0 Å². The zero-order valence-electron chi connectivity index (χ0n) is 9.01. The quantitative estimate of drug-likeness (QED) is 0.864. The molecule has 0 aliphatic rings. The predicted molar refractivity (Wildman–Crippen MR) is 74.3 cm³/mol. The molecule has 1 aromatic heterocycles. The highest BCUT2D eigenvalue weighted by atomic mass is 79.9. The molecule has 1 nitrogen and oxygen atoms in total. The molecule has 0 bridgehead atoms. The monoisotopic (exact) mass is 333 g/mol. The Morgan fingerprint density at radius 2 is 2.12 bits per heavy atom. The molecule has 0 spiro atoms. The third-order valence-corrected chi connectivity index (χ3v) is 4.45. The molecule has 0 saturated carbocycles. The van der Waals surface area contributed by atoms with Crippen LogP contribution in [0.4, 0.5) is 4.39 Å². The van der Waals surface area contributed by atoms with E-state index in [4.69, 9.17) is 11.6 Å². The van der Waals surface area contributed by atoms with E-state index in [0.717, 1.165) is 19.2 Å². The fourth-order valence-electron chi connectivity index (χ4n) is 1.67. The number of rotatable bonds is 3. The molecule has 1 atom stereocenters. The fraction of sp³-hybridized carbons (Fsp3) is 0.167. The smallest absolute Gasteiger partial charge is 0.123 e. The summed E-state index contributed by atoms with van der Waals surface area (Å²) < 4.78 is 14.9. The van der Waals surface area contributed by atoms with Crippen molar-refractivity contribution in [1.82, 2.24) is 5.32 Å². The molecule has 5 heteroatoms. The van der Waals surface area contributed by atoms with E-state index in [1.54, 1.807) is 6.07 Å². The summed E-state index contributed by atoms with van der Waals surface area (Å²) in [6.07, 6.45) is 0. The largest absolute Gasteiger partial charge is 0.309 e. The van der Waals surface area contributed by atoms with E-state index in [-0.39, 0.29) is 11.9 Å². The lowest BCUT2D eigenvalue weighted by Gasteiger charge is -2.16. The third-order valence-electron chi connectivity index (χ3n) is 2.44. The zero-order valence-corrected chi connectivity index (χ0v) is 12.2. The molecule has 0 aliphatic heterocycles. The average Bonchev–Trinajstić information content (AvgIpc) is 2.71. The van der Waals surface area contributed by atoms with Crippen LogP contribution in [0.15, 0.2) is 34.8 Å². The first-order valence-corrected chi connectivity index (χ1v) is 6.98. The van der Waals surface area contributed by atoms with Crippen LogP contribution >= 0.6 is 38.9 Å². The van der Waals surface area contributed by atoms with Gasteiger partial charge in [-0.3, -0.25) is 0 Å². The lowest BCUT2D eigenvalue weighted by molar-refractivity contribution is 0.617. The molecule has 90 valence electrons. The van der Waals surface area contributed by atoms with Gasteiger partial charge in [0, 0.05) is 9.35 Å². The number of thiophene rings is 1. The molecular formula is C12H10BrClFNS. The van der Waals surface area contributed by atoms with Gasteiger partial charge in [0.1, 0.15) is 5.82 Å². The van der Waals surface area contributed by atoms with Gasteiger partial charge in [-0.05, 0) is 42.9 Å². The van der Waals surface area contributed by atoms with Crippen molar-refractivity contribution in [3.05, 3.63) is 55.4 Å². The van der Waals surface area contributed by atoms with E-state index in [0.29, 0.717) is 0 Å². The van der Waals surface area contributed by atoms with Crippen molar-refractivity contribution in [3.63, 3.8) is 0 Å². The van der Waals surface area contributed by atoms with Gasteiger partial charge in [0.05, 0.1) is 10.4 Å². The number of hydrogen-bond donors (Lipinski definition) is 1. The Kier molecular flexibility index (Phi) is 4.20. The first-order chi connectivity index (χ1) is 8.11. The van der Waals surface area contributed by atoms with Crippen LogP contribution in [0.3, 0.4) is 0 Å². The highest BCUT2D eigenvalue weighted by Gasteiger charge is 2.17. The van der Waals surface area contributed by atoms with E-state index in [2.05, 4.69) is 21.2 Å². The van der Waals surface area contributed by atoms with Crippen molar-refractivity contribution < 1.29 is 4.39 Å². The topological polar surface area (TPSA) is 12.0 Å². The minimum absolute atomic E-state index is 0.0578. The summed E-state index contributed by atoms with van der Waals surface area (Å²) in [7, 11) is 1.84. The Labute approximate surface area is 117 Å². The summed E-state index contributed by atoms with van der Waals surface area (Å²) in [6, 6.07) is 8.41. The molecule has 1 N–H and O–H groups in total. The highest BCUT2D eigenvalue weighted by Crippen LogP contribution is 2.34. The molecule has 17 heavy (non-hydrogen) atoms. The van der Waals surface area contributed by atoms with Crippen molar-refractivity contribution in [1.29, 1.82) is 0 Å². The van der Waals surface area contributed by atoms with E-state index in [1.807, 2.05) is 19.2 Å². The van der Waals surface area contributed by atoms with Gasteiger partial charge in [-0.2, -0.15) is 0 Å². The van der Waals surface area contributed by atoms with Crippen LogP contribution in [-0.4, -0.2) is 7.05 Å². The molecule has 0 saturated heterocycles. The second kappa shape index (κ2) is 5.48. The number of nitrogens with one attached hydrogen (secondary N) is 1. The standard InChI is InChI=1S/C12H10BrClFNS/c1-16-12(10-4-5-11(14)17-10)8-6-7(15)2-3-9(8)13/h2-6,12,16H,1H3. The van der Waals surface area contributed by atoms with Gasteiger partial charge >= 0.3 is 0 Å². The molecular weight excluding hydrogens is 325 g/mol. The van der Waals surface area contributed by atoms with Gasteiger partial charge in [0.15, 0.2) is 0 Å². The summed E-state index contributed by atoms with van der Waals surface area (Å²) in [5, 5.41) is 3.17. The fourth-order valence-corrected chi connectivity index (χ4v) is 3.34. The minimum Gasteiger partial charge on any atom is -0.309 e. The van der Waals surface area contributed by atoms with Crippen molar-refractivity contribution in [2.75, 3.05) is 7.05 Å². The van der Waals surface area contributed by atoms with Crippen LogP contribution in [0.25, 0.3) is 0 Å². The van der Waals surface area contributed by atoms with Crippen molar-refractivity contribution in [2.24, 2.45) is 0 Å². The normalized spacial score (nSPS) is 12.7. The minimum atomic E-state index is -0.244. The van der Waals surface area contributed by atoms with Crippen molar-refractivity contribution in [3.8, 4) is 0 Å². The summed E-state index contributed by atoms with van der Waals surface area (Å²) in [5.74, 6) is -0.244. The number of halogens is 3. The Morgan fingerprint density at radius 1 is 1.35 bits per heavy atom. The van der Waals surface area contributed by atoms with E-state index in [9.17, 15) is 4.39 Å². The highest BCUT2D eigenvalue weighted by molar-refractivity contribution is 9.10. The van der Waals surface area contributed by atoms with E-state index in [1.165, 1.54) is 23.5 Å². The van der Waals surface area contributed by atoms with Crippen LogP contribution in [0, 0.1) is 5.82 Å². The van der Waals surface area contributed by atoms with Crippen LogP contribution in [-0.2, 0) is 0 Å². The summed E-state index contributed by atoms with van der Waals surface area (Å²) in [4.78, 5) is 1.06. The number of hydrogen-bond acceptors (Lipinski definition) is 2. The van der Waals surface area contributed by atoms with Crippen molar-refractivity contribution >= 4 is 38.9 Å². The van der Waals surface area contributed by atoms with Gasteiger partial charge in [-0.25, -0.2) is 4.39 Å². The second-order valence-corrected chi connectivity index (χ2v) is 6.13. The first kappa shape index (κ1) is 13.0. The molecule has 2 aromatic rings. The van der Waals surface area contributed by atoms with Gasteiger partial charge in [-0.1, -0.05) is 27.5 Å². The van der Waals surface area contributed by atoms with Gasteiger partial charge < -0.3 is 5.32 Å². The third kappa shape index (κ3) is 2.88. The molecule has 0 aliphatic carbocycles. The Bertz CT molecular complexity index is 529. The van der Waals surface area contributed by atoms with Gasteiger partial charge in [0.2, 0.25) is 0 Å². The zero-order chi connectivity index (χ0) is 12.4. The Hall–Kier alpha value is -0.420. The number of benzene rings is 1. The molecule has 1 unspecified atom stereocenters. The van der Waals surface area contributed by atoms with E-state index < -0.39 is 0 Å². The molecule has 0 radical (unpaired) electrons. The second-order valence-electron chi connectivity index (χ2n) is 3.53. The maximum absolute atomic E-state index is 13.3. The maximum Gasteiger partial charge on any atom is 0.123 e. The van der Waals surface area contributed by atoms with Crippen LogP contribution in [0.1, 0.15) is 16.5 Å². The molecule has 0 fully saturated rings. The molecule has 0 amide bonds.